The van der Waals surface area contributed by atoms with Crippen LogP contribution in [0.3, 0.4) is 0 Å². The third kappa shape index (κ3) is 3.03. The standard InChI is InChI=1S/C18H15NOS/c1-13-4-5-17(20)15(11-13)16(18-3-2-10-21-18)12-14-6-8-19-9-7-14/h2-12,20H,1H3. The van der Waals surface area contributed by atoms with Crippen molar-refractivity contribution in [2.24, 2.45) is 0 Å². The van der Waals surface area contributed by atoms with Crippen molar-refractivity contribution in [1.29, 1.82) is 0 Å². The number of rotatable bonds is 3. The van der Waals surface area contributed by atoms with Gasteiger partial charge in [0.2, 0.25) is 0 Å². The van der Waals surface area contributed by atoms with Gasteiger partial charge in [-0.2, -0.15) is 0 Å². The van der Waals surface area contributed by atoms with Crippen LogP contribution in [-0.4, -0.2) is 10.1 Å². The summed E-state index contributed by atoms with van der Waals surface area (Å²) in [6.45, 7) is 2.03. The number of aromatic hydroxyl groups is 1. The summed E-state index contributed by atoms with van der Waals surface area (Å²) in [7, 11) is 0. The third-order valence-electron chi connectivity index (χ3n) is 3.25. The summed E-state index contributed by atoms with van der Waals surface area (Å²) in [5, 5.41) is 12.3. The molecule has 0 atom stereocenters. The fourth-order valence-electron chi connectivity index (χ4n) is 2.21. The van der Waals surface area contributed by atoms with Gasteiger partial charge in [-0.3, -0.25) is 4.98 Å². The molecule has 3 heteroatoms. The van der Waals surface area contributed by atoms with Gasteiger partial charge in [0.25, 0.3) is 0 Å². The molecular weight excluding hydrogens is 278 g/mol. The maximum Gasteiger partial charge on any atom is 0.123 e. The molecule has 2 aromatic heterocycles. The van der Waals surface area contributed by atoms with Crippen molar-refractivity contribution in [2.75, 3.05) is 0 Å². The Bertz CT molecular complexity index is 761. The molecule has 0 fully saturated rings. The molecule has 0 radical (unpaired) electrons. The Morgan fingerprint density at radius 1 is 1.14 bits per heavy atom. The number of hydrogen-bond acceptors (Lipinski definition) is 3. The smallest absolute Gasteiger partial charge is 0.123 e. The SMILES string of the molecule is Cc1ccc(O)c(C(=Cc2ccncc2)c2cccs2)c1. The van der Waals surface area contributed by atoms with Crippen LogP contribution in [0.15, 0.2) is 60.2 Å². The lowest BCUT2D eigenvalue weighted by Crippen LogP contribution is -1.88. The average Bonchev–Trinajstić information content (AvgIpc) is 3.03. The number of nitrogens with zero attached hydrogens (tertiary/aromatic N) is 1. The molecule has 0 amide bonds. The van der Waals surface area contributed by atoms with Gasteiger partial charge < -0.3 is 5.11 Å². The van der Waals surface area contributed by atoms with E-state index in [1.54, 1.807) is 29.8 Å². The first-order valence-corrected chi connectivity index (χ1v) is 7.57. The number of aryl methyl sites for hydroxylation is 1. The molecule has 0 aliphatic heterocycles. The molecule has 3 aromatic rings. The molecule has 1 aromatic carbocycles. The highest BCUT2D eigenvalue weighted by atomic mass is 32.1. The highest BCUT2D eigenvalue weighted by Gasteiger charge is 2.11. The number of benzene rings is 1. The zero-order valence-electron chi connectivity index (χ0n) is 11.7. The predicted molar refractivity (Wildman–Crippen MR) is 88.4 cm³/mol. The molecule has 0 saturated heterocycles. The third-order valence-corrected chi connectivity index (χ3v) is 4.15. The van der Waals surface area contributed by atoms with Crippen LogP contribution in [0.4, 0.5) is 0 Å². The van der Waals surface area contributed by atoms with E-state index in [0.29, 0.717) is 5.75 Å². The second-order valence-corrected chi connectivity index (χ2v) is 5.78. The lowest BCUT2D eigenvalue weighted by molar-refractivity contribution is 0.473. The van der Waals surface area contributed by atoms with Crippen molar-refractivity contribution in [2.45, 2.75) is 6.92 Å². The Labute approximate surface area is 128 Å². The van der Waals surface area contributed by atoms with E-state index in [9.17, 15) is 5.11 Å². The Morgan fingerprint density at radius 2 is 1.95 bits per heavy atom. The molecule has 0 saturated carbocycles. The lowest BCUT2D eigenvalue weighted by atomic mass is 9.99. The number of aromatic nitrogens is 1. The van der Waals surface area contributed by atoms with Crippen molar-refractivity contribution in [3.63, 3.8) is 0 Å². The van der Waals surface area contributed by atoms with Crippen LogP contribution < -0.4 is 0 Å². The van der Waals surface area contributed by atoms with Crippen molar-refractivity contribution in [3.05, 3.63) is 81.8 Å². The van der Waals surface area contributed by atoms with Crippen molar-refractivity contribution in [3.8, 4) is 5.75 Å². The molecule has 0 bridgehead atoms. The molecule has 104 valence electrons. The molecule has 2 nitrogen and oxygen atoms in total. The second kappa shape index (κ2) is 5.94. The number of hydrogen-bond donors (Lipinski definition) is 1. The average molecular weight is 293 g/mol. The van der Waals surface area contributed by atoms with Crippen LogP contribution in [0.1, 0.15) is 21.6 Å². The van der Waals surface area contributed by atoms with E-state index >= 15 is 0 Å². The first kappa shape index (κ1) is 13.6. The van der Waals surface area contributed by atoms with E-state index in [4.69, 9.17) is 0 Å². The van der Waals surface area contributed by atoms with Gasteiger partial charge in [-0.05, 0) is 54.3 Å². The van der Waals surface area contributed by atoms with Gasteiger partial charge in [0.05, 0.1) is 0 Å². The quantitative estimate of drug-likeness (QED) is 0.756. The van der Waals surface area contributed by atoms with E-state index in [1.165, 1.54) is 0 Å². The van der Waals surface area contributed by atoms with Crippen LogP contribution >= 0.6 is 11.3 Å². The Morgan fingerprint density at radius 3 is 2.67 bits per heavy atom. The Kier molecular flexibility index (Phi) is 3.84. The molecule has 0 aliphatic rings. The Hall–Kier alpha value is -2.39. The molecule has 0 aliphatic carbocycles. The summed E-state index contributed by atoms with van der Waals surface area (Å²) in [5.41, 5.74) is 4.07. The monoisotopic (exact) mass is 293 g/mol. The van der Waals surface area contributed by atoms with E-state index in [0.717, 1.165) is 27.1 Å². The molecule has 3 rings (SSSR count). The molecule has 0 spiro atoms. The van der Waals surface area contributed by atoms with Crippen LogP contribution in [0.5, 0.6) is 5.75 Å². The number of thiophene rings is 1. The van der Waals surface area contributed by atoms with E-state index in [2.05, 4.69) is 17.1 Å². The zero-order valence-corrected chi connectivity index (χ0v) is 12.5. The summed E-state index contributed by atoms with van der Waals surface area (Å²) < 4.78 is 0. The summed E-state index contributed by atoms with van der Waals surface area (Å²) in [6.07, 6.45) is 5.63. The van der Waals surface area contributed by atoms with Crippen molar-refractivity contribution < 1.29 is 5.11 Å². The van der Waals surface area contributed by atoms with Crippen molar-refractivity contribution >= 4 is 23.0 Å². The van der Waals surface area contributed by atoms with Gasteiger partial charge in [-0.25, -0.2) is 0 Å². The van der Waals surface area contributed by atoms with Crippen LogP contribution in [-0.2, 0) is 0 Å². The maximum atomic E-state index is 10.2. The number of phenols is 1. The largest absolute Gasteiger partial charge is 0.507 e. The fourth-order valence-corrected chi connectivity index (χ4v) is 2.96. The minimum Gasteiger partial charge on any atom is -0.507 e. The van der Waals surface area contributed by atoms with E-state index < -0.39 is 0 Å². The summed E-state index contributed by atoms with van der Waals surface area (Å²) >= 11 is 1.66. The van der Waals surface area contributed by atoms with Crippen LogP contribution in [0, 0.1) is 6.92 Å². The van der Waals surface area contributed by atoms with Gasteiger partial charge in [0, 0.05) is 28.4 Å². The maximum absolute atomic E-state index is 10.2. The van der Waals surface area contributed by atoms with Gasteiger partial charge >= 0.3 is 0 Å². The van der Waals surface area contributed by atoms with Crippen LogP contribution in [0.25, 0.3) is 11.6 Å². The molecule has 2 heterocycles. The molecule has 1 N–H and O–H groups in total. The molecule has 0 unspecified atom stereocenters. The normalized spacial score (nSPS) is 11.6. The summed E-state index contributed by atoms with van der Waals surface area (Å²) in [6, 6.07) is 13.7. The van der Waals surface area contributed by atoms with Crippen LogP contribution in [0.2, 0.25) is 0 Å². The second-order valence-electron chi connectivity index (χ2n) is 4.84. The number of phenolic OH excluding ortho intramolecular Hbond substituents is 1. The molecule has 21 heavy (non-hydrogen) atoms. The minimum atomic E-state index is 0.300. The van der Waals surface area contributed by atoms with E-state index in [1.807, 2.05) is 42.6 Å². The topological polar surface area (TPSA) is 33.1 Å². The highest BCUT2D eigenvalue weighted by molar-refractivity contribution is 7.11. The van der Waals surface area contributed by atoms with Gasteiger partial charge in [-0.15, -0.1) is 11.3 Å². The summed E-state index contributed by atoms with van der Waals surface area (Å²) in [5.74, 6) is 0.300. The van der Waals surface area contributed by atoms with Gasteiger partial charge in [0.15, 0.2) is 0 Å². The Balaban J connectivity index is 2.18. The predicted octanol–water partition coefficient (Wildman–Crippen LogP) is 4.75. The summed E-state index contributed by atoms with van der Waals surface area (Å²) in [4.78, 5) is 5.18. The number of pyridine rings is 1. The molecular formula is C18H15NOS. The fraction of sp³-hybridized carbons (Fsp3) is 0.0556. The highest BCUT2D eigenvalue weighted by Crippen LogP contribution is 2.34. The first-order chi connectivity index (χ1) is 10.2. The van der Waals surface area contributed by atoms with Gasteiger partial charge in [-0.1, -0.05) is 17.7 Å². The lowest BCUT2D eigenvalue weighted by Gasteiger charge is -2.10. The van der Waals surface area contributed by atoms with Gasteiger partial charge in [0.1, 0.15) is 5.75 Å². The van der Waals surface area contributed by atoms with E-state index in [-0.39, 0.29) is 0 Å². The first-order valence-electron chi connectivity index (χ1n) is 6.69. The zero-order chi connectivity index (χ0) is 14.7. The minimum absolute atomic E-state index is 0.300. The van der Waals surface area contributed by atoms with Crippen molar-refractivity contribution in [1.82, 2.24) is 4.98 Å².